The molecule has 1 saturated heterocycles. The van der Waals surface area contributed by atoms with Gasteiger partial charge in [-0.05, 0) is 56.7 Å². The van der Waals surface area contributed by atoms with E-state index in [4.69, 9.17) is 0 Å². The summed E-state index contributed by atoms with van der Waals surface area (Å²) < 4.78 is 27.9. The molecule has 27 heavy (non-hydrogen) atoms. The van der Waals surface area contributed by atoms with Gasteiger partial charge >= 0.3 is 0 Å². The smallest absolute Gasteiger partial charge is 0.272 e. The van der Waals surface area contributed by atoms with Crippen molar-refractivity contribution in [2.75, 3.05) is 18.4 Å². The molecule has 2 N–H and O–H groups in total. The predicted octanol–water partition coefficient (Wildman–Crippen LogP) is 3.61. The predicted molar refractivity (Wildman–Crippen MR) is 107 cm³/mol. The first-order chi connectivity index (χ1) is 12.7. The van der Waals surface area contributed by atoms with E-state index in [1.54, 1.807) is 18.2 Å². The minimum Gasteiger partial charge on any atom is -0.353 e. The molecule has 2 aromatic rings. The second kappa shape index (κ2) is 7.48. The lowest BCUT2D eigenvalue weighted by atomic mass is 10.0. The number of para-hydroxylation sites is 1. The van der Waals surface area contributed by atoms with Gasteiger partial charge in [0.15, 0.2) is 0 Å². The number of hydrogen-bond donors (Lipinski definition) is 2. The third-order valence-electron chi connectivity index (χ3n) is 5.33. The van der Waals surface area contributed by atoms with E-state index < -0.39 is 10.0 Å². The molecule has 0 saturated carbocycles. The van der Waals surface area contributed by atoms with Gasteiger partial charge in [0, 0.05) is 24.5 Å². The lowest BCUT2D eigenvalue weighted by Crippen LogP contribution is -2.38. The highest BCUT2D eigenvalue weighted by molar-refractivity contribution is 7.89. The van der Waals surface area contributed by atoms with Crippen LogP contribution >= 0.6 is 0 Å². The van der Waals surface area contributed by atoms with Crippen molar-refractivity contribution < 1.29 is 13.2 Å². The van der Waals surface area contributed by atoms with Gasteiger partial charge in [-0.3, -0.25) is 4.79 Å². The summed E-state index contributed by atoms with van der Waals surface area (Å²) in [7, 11) is -3.62. The number of carbonyl (C=O) groups is 1. The van der Waals surface area contributed by atoms with Crippen LogP contribution in [0.5, 0.6) is 0 Å². The van der Waals surface area contributed by atoms with Crippen LogP contribution in [0, 0.1) is 26.7 Å². The Morgan fingerprint density at radius 1 is 1.15 bits per heavy atom. The number of carbonyl (C=O) groups excluding carboxylic acids is 1. The van der Waals surface area contributed by atoms with E-state index in [1.807, 2.05) is 31.2 Å². The summed E-state index contributed by atoms with van der Waals surface area (Å²) in [6.07, 6.45) is 1.73. The quantitative estimate of drug-likeness (QED) is 0.838. The minimum atomic E-state index is -3.62. The number of aromatic nitrogens is 1. The monoisotopic (exact) mass is 389 g/mol. The normalized spacial score (nSPS) is 16.4. The number of aryl methyl sites for hydroxylation is 2. The first kappa shape index (κ1) is 19.6. The van der Waals surface area contributed by atoms with Gasteiger partial charge in [-0.25, -0.2) is 8.42 Å². The summed E-state index contributed by atoms with van der Waals surface area (Å²) in [5.74, 6) is 0.207. The van der Waals surface area contributed by atoms with Gasteiger partial charge < -0.3 is 10.3 Å². The summed E-state index contributed by atoms with van der Waals surface area (Å²) in [5, 5.41) is 2.87. The zero-order valence-corrected chi connectivity index (χ0v) is 17.1. The first-order valence-electron chi connectivity index (χ1n) is 9.28. The Hall–Kier alpha value is -2.12. The maximum absolute atomic E-state index is 13.2. The molecule has 6 nitrogen and oxygen atoms in total. The molecule has 1 aromatic heterocycles. The Labute approximate surface area is 161 Å². The van der Waals surface area contributed by atoms with E-state index in [2.05, 4.69) is 17.2 Å². The van der Waals surface area contributed by atoms with Crippen molar-refractivity contribution in [2.24, 2.45) is 5.92 Å². The highest BCUT2D eigenvalue weighted by Gasteiger charge is 2.33. The Bertz CT molecular complexity index is 955. The van der Waals surface area contributed by atoms with Crippen LogP contribution < -0.4 is 5.32 Å². The van der Waals surface area contributed by atoms with Crippen molar-refractivity contribution in [1.82, 2.24) is 9.29 Å². The van der Waals surface area contributed by atoms with Crippen LogP contribution in [0.3, 0.4) is 0 Å². The summed E-state index contributed by atoms with van der Waals surface area (Å²) in [4.78, 5) is 16.0. The lowest BCUT2D eigenvalue weighted by Gasteiger charge is -2.29. The molecule has 0 bridgehead atoms. The van der Waals surface area contributed by atoms with Crippen molar-refractivity contribution in [2.45, 2.75) is 45.4 Å². The third kappa shape index (κ3) is 3.80. The molecule has 1 aliphatic rings. The van der Waals surface area contributed by atoms with Crippen LogP contribution in [0.25, 0.3) is 0 Å². The van der Waals surface area contributed by atoms with Crippen molar-refractivity contribution in [3.8, 4) is 0 Å². The standard InChI is InChI=1S/C20H27N3O3S/c1-13-9-11-23(12-10-13)27(25,26)19-15(3)18(21-16(19)4)20(24)22-17-8-6-5-7-14(17)2/h5-8,13,21H,9-12H2,1-4H3,(H,22,24). The van der Waals surface area contributed by atoms with Crippen LogP contribution in [-0.4, -0.2) is 36.7 Å². The fourth-order valence-corrected chi connectivity index (χ4v) is 5.48. The number of aromatic amines is 1. The van der Waals surface area contributed by atoms with Gasteiger partial charge in [0.2, 0.25) is 10.0 Å². The second-order valence-electron chi connectivity index (χ2n) is 7.43. The lowest BCUT2D eigenvalue weighted by molar-refractivity contribution is 0.102. The zero-order chi connectivity index (χ0) is 19.8. The van der Waals surface area contributed by atoms with E-state index in [0.717, 1.165) is 18.4 Å². The van der Waals surface area contributed by atoms with Gasteiger partial charge in [-0.1, -0.05) is 25.1 Å². The minimum absolute atomic E-state index is 0.229. The van der Waals surface area contributed by atoms with E-state index in [0.29, 0.717) is 41.6 Å². The fourth-order valence-electron chi connectivity index (χ4n) is 3.60. The van der Waals surface area contributed by atoms with E-state index >= 15 is 0 Å². The number of benzene rings is 1. The molecule has 7 heteroatoms. The summed E-state index contributed by atoms with van der Waals surface area (Å²) in [6, 6.07) is 7.49. The first-order valence-corrected chi connectivity index (χ1v) is 10.7. The summed E-state index contributed by atoms with van der Waals surface area (Å²) in [5.41, 5.74) is 2.92. The Kier molecular flexibility index (Phi) is 5.44. The molecule has 1 aliphatic heterocycles. The number of sulfonamides is 1. The topological polar surface area (TPSA) is 82.3 Å². The van der Waals surface area contributed by atoms with E-state index in [9.17, 15) is 13.2 Å². The van der Waals surface area contributed by atoms with Crippen molar-refractivity contribution in [3.05, 3.63) is 46.8 Å². The maximum atomic E-state index is 13.2. The second-order valence-corrected chi connectivity index (χ2v) is 9.31. The van der Waals surface area contributed by atoms with Crippen LogP contribution in [-0.2, 0) is 10.0 Å². The molecular formula is C20H27N3O3S. The van der Waals surface area contributed by atoms with E-state index in [1.165, 1.54) is 0 Å². The van der Waals surface area contributed by atoms with Gasteiger partial charge in [0.05, 0.1) is 0 Å². The molecule has 0 atom stereocenters. The van der Waals surface area contributed by atoms with Crippen molar-refractivity contribution in [1.29, 1.82) is 0 Å². The highest BCUT2D eigenvalue weighted by atomic mass is 32.2. The average Bonchev–Trinajstić information content (AvgIpc) is 2.92. The molecule has 0 radical (unpaired) electrons. The molecule has 2 heterocycles. The molecule has 1 amide bonds. The Balaban J connectivity index is 1.90. The number of nitrogens with one attached hydrogen (secondary N) is 2. The zero-order valence-electron chi connectivity index (χ0n) is 16.3. The summed E-state index contributed by atoms with van der Waals surface area (Å²) in [6.45, 7) is 8.50. The average molecular weight is 390 g/mol. The molecule has 1 fully saturated rings. The molecule has 0 spiro atoms. The molecule has 0 unspecified atom stereocenters. The number of hydrogen-bond acceptors (Lipinski definition) is 3. The molecular weight excluding hydrogens is 362 g/mol. The molecule has 0 aliphatic carbocycles. The van der Waals surface area contributed by atoms with Crippen LogP contribution in [0.15, 0.2) is 29.2 Å². The third-order valence-corrected chi connectivity index (χ3v) is 7.50. The van der Waals surface area contributed by atoms with Crippen molar-refractivity contribution >= 4 is 21.6 Å². The molecule has 146 valence electrons. The van der Waals surface area contributed by atoms with Crippen LogP contribution in [0.2, 0.25) is 0 Å². The number of anilines is 1. The number of amides is 1. The van der Waals surface area contributed by atoms with Crippen LogP contribution in [0.4, 0.5) is 5.69 Å². The maximum Gasteiger partial charge on any atom is 0.272 e. The number of nitrogens with zero attached hydrogens (tertiary/aromatic N) is 1. The Morgan fingerprint density at radius 2 is 1.78 bits per heavy atom. The molecule has 1 aromatic carbocycles. The van der Waals surface area contributed by atoms with E-state index in [-0.39, 0.29) is 10.8 Å². The van der Waals surface area contributed by atoms with Crippen LogP contribution in [0.1, 0.15) is 47.1 Å². The fraction of sp³-hybridized carbons (Fsp3) is 0.450. The number of H-pyrrole nitrogens is 1. The Morgan fingerprint density at radius 3 is 2.41 bits per heavy atom. The number of piperidine rings is 1. The SMILES string of the molecule is Cc1ccccc1NC(=O)c1[nH]c(C)c(S(=O)(=O)N2CCC(C)CC2)c1C. The van der Waals surface area contributed by atoms with Gasteiger partial charge in [-0.2, -0.15) is 4.31 Å². The summed E-state index contributed by atoms with van der Waals surface area (Å²) >= 11 is 0. The molecule has 3 rings (SSSR count). The highest BCUT2D eigenvalue weighted by Crippen LogP contribution is 2.30. The number of rotatable bonds is 4. The van der Waals surface area contributed by atoms with Gasteiger partial charge in [-0.15, -0.1) is 0 Å². The largest absolute Gasteiger partial charge is 0.353 e. The van der Waals surface area contributed by atoms with Gasteiger partial charge in [0.25, 0.3) is 5.91 Å². The van der Waals surface area contributed by atoms with Crippen molar-refractivity contribution in [3.63, 3.8) is 0 Å². The van der Waals surface area contributed by atoms with Gasteiger partial charge in [0.1, 0.15) is 10.6 Å².